The van der Waals surface area contributed by atoms with E-state index < -0.39 is 6.10 Å². The Bertz CT molecular complexity index is 1560. The summed E-state index contributed by atoms with van der Waals surface area (Å²) in [5.41, 5.74) is 0. The minimum Gasteiger partial charge on any atom is -0.462 e. The molecule has 0 fully saturated rings. The van der Waals surface area contributed by atoms with E-state index in [0.717, 1.165) is 128 Å². The minimum atomic E-state index is -0.827. The van der Waals surface area contributed by atoms with Gasteiger partial charge in [0.15, 0.2) is 6.10 Å². The summed E-state index contributed by atoms with van der Waals surface area (Å²) < 4.78 is 16.8. The maximum Gasteiger partial charge on any atom is 0.306 e. The van der Waals surface area contributed by atoms with E-state index in [4.69, 9.17) is 14.2 Å². The second-order valence-corrected chi connectivity index (χ2v) is 18.8. The van der Waals surface area contributed by atoms with Crippen LogP contribution in [-0.2, 0) is 28.6 Å². The zero-order valence-electron chi connectivity index (χ0n) is 46.4. The molecule has 0 aliphatic carbocycles. The summed E-state index contributed by atoms with van der Waals surface area (Å²) in [6.07, 6.45) is 83.0. The van der Waals surface area contributed by atoms with Crippen molar-refractivity contribution in [2.75, 3.05) is 13.2 Å². The molecule has 6 nitrogen and oxygen atoms in total. The molecule has 0 amide bonds. The monoisotopic (exact) mass is 995 g/mol. The van der Waals surface area contributed by atoms with Crippen LogP contribution in [0.1, 0.15) is 245 Å². The van der Waals surface area contributed by atoms with E-state index in [1.165, 1.54) is 70.6 Å². The highest BCUT2D eigenvalue weighted by Gasteiger charge is 2.19. The zero-order valence-corrected chi connectivity index (χ0v) is 46.4. The summed E-state index contributed by atoms with van der Waals surface area (Å²) in [5.74, 6) is -1.03. The molecule has 0 saturated heterocycles. The lowest BCUT2D eigenvalue weighted by Crippen LogP contribution is -2.30. The van der Waals surface area contributed by atoms with Gasteiger partial charge in [0.2, 0.25) is 0 Å². The zero-order chi connectivity index (χ0) is 52.2. The topological polar surface area (TPSA) is 78.9 Å². The predicted octanol–water partition coefficient (Wildman–Crippen LogP) is 19.8. The number of ether oxygens (including phenoxy) is 3. The molecular weight excluding hydrogens is 889 g/mol. The highest BCUT2D eigenvalue weighted by molar-refractivity contribution is 5.71. The Morgan fingerprint density at radius 3 is 0.958 bits per heavy atom. The smallest absolute Gasteiger partial charge is 0.306 e. The molecule has 0 aliphatic rings. The van der Waals surface area contributed by atoms with Crippen molar-refractivity contribution in [2.24, 2.45) is 0 Å². The highest BCUT2D eigenvalue weighted by atomic mass is 16.6. The summed E-state index contributed by atoms with van der Waals surface area (Å²) in [7, 11) is 0. The fraction of sp³-hybridized carbons (Fsp3) is 0.621. The molecular formula is C66H106O6. The Morgan fingerprint density at radius 2 is 0.569 bits per heavy atom. The van der Waals surface area contributed by atoms with Crippen LogP contribution < -0.4 is 0 Å². The Labute approximate surface area is 443 Å². The molecule has 1 unspecified atom stereocenters. The second kappa shape index (κ2) is 59.1. The molecule has 0 saturated carbocycles. The molecule has 6 heteroatoms. The Balaban J connectivity index is 4.57. The molecule has 0 aromatic heterocycles. The van der Waals surface area contributed by atoms with E-state index in [1.54, 1.807) is 0 Å². The van der Waals surface area contributed by atoms with Crippen LogP contribution >= 0.6 is 0 Å². The third-order valence-electron chi connectivity index (χ3n) is 11.9. The van der Waals surface area contributed by atoms with E-state index >= 15 is 0 Å². The van der Waals surface area contributed by atoms with Gasteiger partial charge in [-0.05, 0) is 128 Å². The van der Waals surface area contributed by atoms with E-state index in [9.17, 15) is 14.4 Å². The third kappa shape index (κ3) is 56.5. The van der Waals surface area contributed by atoms with Gasteiger partial charge in [-0.25, -0.2) is 0 Å². The average molecular weight is 996 g/mol. The van der Waals surface area contributed by atoms with Gasteiger partial charge in [-0.15, -0.1) is 0 Å². The largest absolute Gasteiger partial charge is 0.462 e. The molecule has 0 heterocycles. The van der Waals surface area contributed by atoms with Crippen molar-refractivity contribution in [1.82, 2.24) is 0 Å². The molecule has 0 aliphatic heterocycles. The van der Waals surface area contributed by atoms with E-state index in [-0.39, 0.29) is 44.0 Å². The quantitative estimate of drug-likeness (QED) is 0.0261. The van der Waals surface area contributed by atoms with Gasteiger partial charge in [-0.1, -0.05) is 231 Å². The maximum atomic E-state index is 12.9. The van der Waals surface area contributed by atoms with Gasteiger partial charge in [0.1, 0.15) is 13.2 Å². The van der Waals surface area contributed by atoms with Crippen molar-refractivity contribution in [3.8, 4) is 0 Å². The number of hydrogen-bond donors (Lipinski definition) is 0. The lowest BCUT2D eigenvalue weighted by Gasteiger charge is -2.18. The van der Waals surface area contributed by atoms with Crippen LogP contribution in [0.2, 0.25) is 0 Å². The maximum absolute atomic E-state index is 12.9. The molecule has 72 heavy (non-hydrogen) atoms. The van der Waals surface area contributed by atoms with Gasteiger partial charge in [-0.3, -0.25) is 14.4 Å². The molecule has 0 aromatic rings. The Morgan fingerprint density at radius 1 is 0.292 bits per heavy atom. The highest BCUT2D eigenvalue weighted by Crippen LogP contribution is 2.13. The van der Waals surface area contributed by atoms with Gasteiger partial charge in [0.25, 0.3) is 0 Å². The molecule has 0 bridgehead atoms. The van der Waals surface area contributed by atoms with Gasteiger partial charge in [0, 0.05) is 19.3 Å². The first-order chi connectivity index (χ1) is 35.5. The van der Waals surface area contributed by atoms with Crippen LogP contribution in [0.5, 0.6) is 0 Å². The number of unbranched alkanes of at least 4 members (excludes halogenated alkanes) is 18. The first-order valence-electron chi connectivity index (χ1n) is 29.2. The summed E-state index contributed by atoms with van der Waals surface area (Å²) in [6, 6.07) is 0. The molecule has 0 rings (SSSR count). The minimum absolute atomic E-state index is 0.118. The van der Waals surface area contributed by atoms with Crippen molar-refractivity contribution in [3.63, 3.8) is 0 Å². The van der Waals surface area contributed by atoms with Crippen molar-refractivity contribution < 1.29 is 28.6 Å². The van der Waals surface area contributed by atoms with Crippen molar-refractivity contribution in [3.05, 3.63) is 134 Å². The fourth-order valence-electron chi connectivity index (χ4n) is 7.50. The molecule has 0 aromatic carbocycles. The summed E-state index contributed by atoms with van der Waals surface area (Å²) >= 11 is 0. The van der Waals surface area contributed by atoms with Crippen molar-refractivity contribution in [2.45, 2.75) is 252 Å². The number of rotatable bonds is 51. The van der Waals surface area contributed by atoms with Crippen LogP contribution in [0.25, 0.3) is 0 Å². The van der Waals surface area contributed by atoms with Crippen LogP contribution in [-0.4, -0.2) is 37.2 Å². The lowest BCUT2D eigenvalue weighted by atomic mass is 10.1. The standard InChI is InChI=1S/C66H106O6/c1-4-7-10-13-16-19-22-25-28-31-33-35-38-41-44-47-50-53-56-59-65(68)71-62-63(61-70-64(67)58-55-52-49-46-43-40-37-30-27-24-21-18-15-12-9-6-3)72-66(69)60-57-54-51-48-45-42-39-36-34-32-29-26-23-20-17-14-11-8-5-2/h7,10,16-17,19-21,24-26,28-30,33-37,41,44,50,53,63H,4-6,8-9,11-15,18,22-23,27,31-32,38-40,42-43,45-49,51-52,54-62H2,1-3H3/b10-7-,19-16-,20-17-,24-21-,28-25-,29-26-,35-33-,36-34-,37-30-,44-41-,53-50-. The molecule has 406 valence electrons. The van der Waals surface area contributed by atoms with E-state index in [1.807, 2.05) is 6.08 Å². The molecule has 0 N–H and O–H groups in total. The SMILES string of the molecule is CC/C=C\C/C=C\C/C=C\C/C=C\C/C=C\C/C=C\CCC(=O)OCC(COC(=O)CCCCCCC/C=C\C/C=C\CCCCCC)OC(=O)CCCCCCCC/C=C\C/C=C\C/C=C\CCCCC. The Hall–Kier alpha value is -4.45. The fourth-order valence-corrected chi connectivity index (χ4v) is 7.50. The lowest BCUT2D eigenvalue weighted by molar-refractivity contribution is -0.166. The normalized spacial score (nSPS) is 13.1. The summed E-state index contributed by atoms with van der Waals surface area (Å²) in [6.45, 7) is 6.39. The van der Waals surface area contributed by atoms with E-state index in [2.05, 4.69) is 148 Å². The predicted molar refractivity (Wildman–Crippen MR) is 311 cm³/mol. The first kappa shape index (κ1) is 67.5. The van der Waals surface area contributed by atoms with Gasteiger partial charge in [0.05, 0.1) is 0 Å². The summed E-state index contributed by atoms with van der Waals surface area (Å²) in [4.78, 5) is 38.2. The number of allylic oxidation sites excluding steroid dienone is 22. The van der Waals surface area contributed by atoms with Crippen molar-refractivity contribution >= 4 is 17.9 Å². The van der Waals surface area contributed by atoms with Crippen LogP contribution in [0.3, 0.4) is 0 Å². The second-order valence-electron chi connectivity index (χ2n) is 18.8. The van der Waals surface area contributed by atoms with Crippen molar-refractivity contribution in [1.29, 1.82) is 0 Å². The van der Waals surface area contributed by atoms with Gasteiger partial charge < -0.3 is 14.2 Å². The molecule has 0 spiro atoms. The number of carbonyl (C=O) groups is 3. The van der Waals surface area contributed by atoms with Crippen LogP contribution in [0, 0.1) is 0 Å². The van der Waals surface area contributed by atoms with Gasteiger partial charge in [-0.2, -0.15) is 0 Å². The average Bonchev–Trinajstić information content (AvgIpc) is 3.38. The number of esters is 3. The first-order valence-corrected chi connectivity index (χ1v) is 29.2. The third-order valence-corrected chi connectivity index (χ3v) is 11.9. The number of carbonyl (C=O) groups excluding carboxylic acids is 3. The number of hydrogen-bond acceptors (Lipinski definition) is 6. The molecule has 0 radical (unpaired) electrons. The van der Waals surface area contributed by atoms with Crippen LogP contribution in [0.15, 0.2) is 134 Å². The molecule has 1 atom stereocenters. The van der Waals surface area contributed by atoms with Crippen LogP contribution in [0.4, 0.5) is 0 Å². The summed E-state index contributed by atoms with van der Waals surface area (Å²) in [5, 5.41) is 0. The Kier molecular flexibility index (Phi) is 55.5. The van der Waals surface area contributed by atoms with E-state index in [0.29, 0.717) is 12.8 Å². The van der Waals surface area contributed by atoms with Gasteiger partial charge >= 0.3 is 17.9 Å².